The van der Waals surface area contributed by atoms with Crippen molar-refractivity contribution in [2.75, 3.05) is 32.8 Å². The monoisotopic (exact) mass is 384 g/mol. The molecule has 0 atom stereocenters. The number of hydrogen-bond acceptors (Lipinski definition) is 4. The van der Waals surface area contributed by atoms with Crippen LogP contribution in [0.2, 0.25) is 0 Å². The Kier molecular flexibility index (Phi) is 5.83. The molecule has 1 saturated heterocycles. The smallest absolute Gasteiger partial charge is 0.422 e. The number of nitrogens with zero attached hydrogens (tertiary/aromatic N) is 2. The summed E-state index contributed by atoms with van der Waals surface area (Å²) < 4.78 is 41.6. The molecular weight excluding hydrogens is 365 g/mol. The van der Waals surface area contributed by atoms with Crippen molar-refractivity contribution in [2.45, 2.75) is 12.7 Å². The average molecular weight is 384 g/mol. The Hall–Kier alpha value is -2.06. The van der Waals surface area contributed by atoms with Crippen molar-refractivity contribution in [3.05, 3.63) is 52.2 Å². The van der Waals surface area contributed by atoms with Gasteiger partial charge in [0.1, 0.15) is 5.75 Å². The minimum Gasteiger partial charge on any atom is -0.484 e. The van der Waals surface area contributed by atoms with E-state index in [1.165, 1.54) is 17.4 Å². The van der Waals surface area contributed by atoms with Crippen LogP contribution in [0.5, 0.6) is 5.75 Å². The van der Waals surface area contributed by atoms with Crippen LogP contribution in [-0.4, -0.2) is 54.7 Å². The Morgan fingerprint density at radius 2 is 1.88 bits per heavy atom. The molecule has 1 aliphatic rings. The summed E-state index contributed by atoms with van der Waals surface area (Å²) in [6.45, 7) is 2.06. The van der Waals surface area contributed by atoms with Crippen molar-refractivity contribution in [3.8, 4) is 5.75 Å². The molecule has 1 aromatic carbocycles. The predicted octanol–water partition coefficient (Wildman–Crippen LogP) is 3.65. The van der Waals surface area contributed by atoms with Gasteiger partial charge >= 0.3 is 6.18 Å². The molecule has 3 rings (SSSR count). The first-order valence-electron chi connectivity index (χ1n) is 8.24. The van der Waals surface area contributed by atoms with Crippen LogP contribution < -0.4 is 4.74 Å². The van der Waals surface area contributed by atoms with Crippen molar-refractivity contribution in [3.63, 3.8) is 0 Å². The van der Waals surface area contributed by atoms with E-state index in [1.807, 2.05) is 28.5 Å². The molecule has 0 unspecified atom stereocenters. The van der Waals surface area contributed by atoms with Gasteiger partial charge in [0.25, 0.3) is 5.91 Å². The van der Waals surface area contributed by atoms with Crippen LogP contribution in [-0.2, 0) is 6.54 Å². The zero-order valence-corrected chi connectivity index (χ0v) is 14.9. The number of carbonyl (C=O) groups excluding carboxylic acids is 1. The molecule has 2 aromatic rings. The van der Waals surface area contributed by atoms with Gasteiger partial charge in [0.05, 0.1) is 4.88 Å². The molecule has 1 aromatic heterocycles. The molecule has 1 amide bonds. The summed E-state index contributed by atoms with van der Waals surface area (Å²) >= 11 is 1.44. The molecule has 4 nitrogen and oxygen atoms in total. The molecule has 26 heavy (non-hydrogen) atoms. The summed E-state index contributed by atoms with van der Waals surface area (Å²) in [4.78, 5) is 17.1. The average Bonchev–Trinajstić information content (AvgIpc) is 3.14. The maximum Gasteiger partial charge on any atom is 0.422 e. The van der Waals surface area contributed by atoms with E-state index in [0.29, 0.717) is 19.6 Å². The van der Waals surface area contributed by atoms with Crippen molar-refractivity contribution in [1.29, 1.82) is 0 Å². The van der Waals surface area contributed by atoms with Crippen molar-refractivity contribution in [1.82, 2.24) is 9.80 Å². The quantitative estimate of drug-likeness (QED) is 0.789. The summed E-state index contributed by atoms with van der Waals surface area (Å²) in [7, 11) is 0. The third-order valence-corrected chi connectivity index (χ3v) is 4.96. The first kappa shape index (κ1) is 18.7. The Morgan fingerprint density at radius 3 is 2.54 bits per heavy atom. The molecule has 0 radical (unpaired) electrons. The fraction of sp³-hybridized carbons (Fsp3) is 0.389. The van der Waals surface area contributed by atoms with Gasteiger partial charge in [0, 0.05) is 32.7 Å². The van der Waals surface area contributed by atoms with Crippen molar-refractivity contribution >= 4 is 17.2 Å². The standard InChI is InChI=1S/C18H19F3N2O2S/c19-18(20,21)13-25-15-4-1-3-14(11-15)12-22-6-8-23(9-7-22)17(24)16-5-2-10-26-16/h1-5,10-11H,6-9,12-13H2. The van der Waals surface area contributed by atoms with E-state index in [2.05, 4.69) is 4.90 Å². The fourth-order valence-electron chi connectivity index (χ4n) is 2.82. The maximum atomic E-state index is 12.3. The Bertz CT molecular complexity index is 726. The van der Waals surface area contributed by atoms with Gasteiger partial charge in [0.15, 0.2) is 6.61 Å². The second-order valence-corrected chi connectivity index (χ2v) is 7.04. The summed E-state index contributed by atoms with van der Waals surface area (Å²) in [5.41, 5.74) is 0.891. The van der Waals surface area contributed by atoms with Gasteiger partial charge in [-0.05, 0) is 29.1 Å². The molecular formula is C18H19F3N2O2S. The lowest BCUT2D eigenvalue weighted by molar-refractivity contribution is -0.153. The number of benzene rings is 1. The zero-order chi connectivity index (χ0) is 18.6. The normalized spacial score (nSPS) is 15.9. The fourth-order valence-corrected chi connectivity index (χ4v) is 3.51. The topological polar surface area (TPSA) is 32.8 Å². The van der Waals surface area contributed by atoms with E-state index in [1.54, 1.807) is 12.1 Å². The highest BCUT2D eigenvalue weighted by atomic mass is 32.1. The van der Waals surface area contributed by atoms with E-state index in [0.717, 1.165) is 23.5 Å². The second kappa shape index (κ2) is 8.09. The number of halogens is 3. The number of ether oxygens (including phenoxy) is 1. The summed E-state index contributed by atoms with van der Waals surface area (Å²) in [6, 6.07) is 10.4. The van der Waals surface area contributed by atoms with Gasteiger partial charge in [-0.15, -0.1) is 11.3 Å². The van der Waals surface area contributed by atoms with Crippen LogP contribution in [0.4, 0.5) is 13.2 Å². The Labute approximate surface area is 153 Å². The minimum absolute atomic E-state index is 0.0576. The summed E-state index contributed by atoms with van der Waals surface area (Å²) in [5, 5.41) is 1.89. The number of rotatable bonds is 5. The zero-order valence-electron chi connectivity index (χ0n) is 14.0. The van der Waals surface area contributed by atoms with Gasteiger partial charge in [-0.3, -0.25) is 9.69 Å². The summed E-state index contributed by atoms with van der Waals surface area (Å²) in [6.07, 6.45) is -4.35. The van der Waals surface area contributed by atoms with E-state index in [9.17, 15) is 18.0 Å². The molecule has 0 N–H and O–H groups in total. The van der Waals surface area contributed by atoms with E-state index in [4.69, 9.17) is 4.74 Å². The van der Waals surface area contributed by atoms with Gasteiger partial charge in [0.2, 0.25) is 0 Å². The van der Waals surface area contributed by atoms with E-state index in [-0.39, 0.29) is 11.7 Å². The van der Waals surface area contributed by atoms with Crippen molar-refractivity contribution in [2.24, 2.45) is 0 Å². The minimum atomic E-state index is -4.35. The molecule has 1 aliphatic heterocycles. The number of thiophene rings is 1. The van der Waals surface area contributed by atoms with E-state index < -0.39 is 12.8 Å². The lowest BCUT2D eigenvalue weighted by Gasteiger charge is -2.34. The lowest BCUT2D eigenvalue weighted by atomic mass is 10.2. The predicted molar refractivity (Wildman–Crippen MR) is 93.5 cm³/mol. The molecule has 0 spiro atoms. The molecule has 0 aliphatic carbocycles. The van der Waals surface area contributed by atoms with Gasteiger partial charge < -0.3 is 9.64 Å². The number of alkyl halides is 3. The number of amides is 1. The molecule has 0 saturated carbocycles. The molecule has 2 heterocycles. The van der Waals surface area contributed by atoms with Crippen LogP contribution in [0.25, 0.3) is 0 Å². The third kappa shape index (κ3) is 5.22. The van der Waals surface area contributed by atoms with Crippen LogP contribution in [0.3, 0.4) is 0 Å². The Balaban J connectivity index is 1.51. The second-order valence-electron chi connectivity index (χ2n) is 6.10. The van der Waals surface area contributed by atoms with Crippen LogP contribution in [0.1, 0.15) is 15.2 Å². The number of carbonyl (C=O) groups is 1. The number of piperazine rings is 1. The first-order chi connectivity index (χ1) is 12.4. The lowest BCUT2D eigenvalue weighted by Crippen LogP contribution is -2.48. The first-order valence-corrected chi connectivity index (χ1v) is 9.12. The van der Waals surface area contributed by atoms with Crippen LogP contribution in [0.15, 0.2) is 41.8 Å². The van der Waals surface area contributed by atoms with Crippen molar-refractivity contribution < 1.29 is 22.7 Å². The molecule has 1 fully saturated rings. The largest absolute Gasteiger partial charge is 0.484 e. The molecule has 0 bridgehead atoms. The van der Waals surface area contributed by atoms with Gasteiger partial charge in [-0.25, -0.2) is 0 Å². The van der Waals surface area contributed by atoms with Crippen LogP contribution in [0, 0.1) is 0 Å². The van der Waals surface area contributed by atoms with Gasteiger partial charge in [-0.1, -0.05) is 18.2 Å². The highest BCUT2D eigenvalue weighted by Crippen LogP contribution is 2.21. The summed E-state index contributed by atoms with van der Waals surface area (Å²) in [5.74, 6) is 0.272. The third-order valence-electron chi connectivity index (χ3n) is 4.10. The highest BCUT2D eigenvalue weighted by Gasteiger charge is 2.28. The molecule has 140 valence electrons. The SMILES string of the molecule is O=C(c1cccs1)N1CCN(Cc2cccc(OCC(F)(F)F)c2)CC1. The highest BCUT2D eigenvalue weighted by molar-refractivity contribution is 7.12. The molecule has 8 heteroatoms. The maximum absolute atomic E-state index is 12.3. The Morgan fingerprint density at radius 1 is 1.12 bits per heavy atom. The number of hydrogen-bond donors (Lipinski definition) is 0. The van der Waals surface area contributed by atoms with Gasteiger partial charge in [-0.2, -0.15) is 13.2 Å². The van der Waals surface area contributed by atoms with Crippen LogP contribution >= 0.6 is 11.3 Å². The van der Waals surface area contributed by atoms with E-state index >= 15 is 0 Å².